The first kappa shape index (κ1) is 11.1. The molecule has 0 aliphatic carbocycles. The van der Waals surface area contributed by atoms with Crippen molar-refractivity contribution in [1.82, 2.24) is 0 Å². The van der Waals surface area contributed by atoms with Crippen LogP contribution < -0.4 is 0 Å². The summed E-state index contributed by atoms with van der Waals surface area (Å²) in [6, 6.07) is 0. The lowest BCUT2D eigenvalue weighted by atomic mass is 10.3. The van der Waals surface area contributed by atoms with Crippen LogP contribution in [0.1, 0.15) is 13.8 Å². The number of rotatable bonds is 3. The summed E-state index contributed by atoms with van der Waals surface area (Å²) in [6.07, 6.45) is 4.48. The Morgan fingerprint density at radius 1 is 1.33 bits per heavy atom. The fraction of sp³-hybridized carbons (Fsp3) is 0.250. The zero-order chi connectivity index (χ0) is 9.78. The van der Waals surface area contributed by atoms with Crippen molar-refractivity contribution in [1.29, 1.82) is 0 Å². The van der Waals surface area contributed by atoms with Crippen molar-refractivity contribution in [3.8, 4) is 0 Å². The Kier molecular flexibility index (Phi) is 3.92. The first-order valence-corrected chi connectivity index (χ1v) is 4.77. The summed E-state index contributed by atoms with van der Waals surface area (Å²) in [5.41, 5.74) is 0.831. The molecule has 0 rings (SSSR count). The maximum absolute atomic E-state index is 10.5. The minimum atomic E-state index is -4.02. The molecule has 3 nitrogen and oxygen atoms in total. The van der Waals surface area contributed by atoms with Gasteiger partial charge < -0.3 is 0 Å². The van der Waals surface area contributed by atoms with E-state index in [2.05, 4.69) is 6.58 Å². The zero-order valence-corrected chi connectivity index (χ0v) is 7.93. The third-order valence-electron chi connectivity index (χ3n) is 1.31. The molecule has 0 bridgehead atoms. The van der Waals surface area contributed by atoms with Gasteiger partial charge in [0.1, 0.15) is 0 Å². The molecule has 12 heavy (non-hydrogen) atoms. The number of hydrogen-bond acceptors (Lipinski definition) is 2. The first-order chi connectivity index (χ1) is 5.38. The van der Waals surface area contributed by atoms with Crippen molar-refractivity contribution in [3.05, 3.63) is 35.3 Å². The van der Waals surface area contributed by atoms with Gasteiger partial charge in [0.15, 0.2) is 0 Å². The van der Waals surface area contributed by atoms with E-state index in [1.807, 2.05) is 0 Å². The molecule has 0 spiro atoms. The van der Waals surface area contributed by atoms with Crippen LogP contribution in [0.5, 0.6) is 0 Å². The van der Waals surface area contributed by atoms with Gasteiger partial charge in [-0.2, -0.15) is 8.42 Å². The molecule has 0 aliphatic heterocycles. The monoisotopic (exact) mass is 188 g/mol. The van der Waals surface area contributed by atoms with Crippen LogP contribution >= 0.6 is 0 Å². The van der Waals surface area contributed by atoms with E-state index in [0.717, 1.165) is 5.57 Å². The highest BCUT2D eigenvalue weighted by molar-refractivity contribution is 7.89. The minimum Gasteiger partial charge on any atom is -0.282 e. The molecule has 0 heterocycles. The molecule has 0 amide bonds. The Balaban J connectivity index is 4.73. The van der Waals surface area contributed by atoms with E-state index in [1.165, 1.54) is 13.0 Å². The normalized spacial score (nSPS) is 14.6. The average molecular weight is 188 g/mol. The quantitative estimate of drug-likeness (QED) is 0.543. The van der Waals surface area contributed by atoms with Crippen molar-refractivity contribution >= 4 is 10.1 Å². The molecule has 68 valence electrons. The van der Waals surface area contributed by atoms with Crippen LogP contribution in [0.3, 0.4) is 0 Å². The predicted octanol–water partition coefficient (Wildman–Crippen LogP) is 1.91. The molecule has 0 aromatic heterocycles. The fourth-order valence-electron chi connectivity index (χ4n) is 0.403. The third-order valence-corrected chi connectivity index (χ3v) is 2.26. The lowest BCUT2D eigenvalue weighted by molar-refractivity contribution is 0.491. The SMILES string of the molecule is C=C/C(C)=C\C=C(/C)S(=O)(=O)O. The highest BCUT2D eigenvalue weighted by Crippen LogP contribution is 2.03. The van der Waals surface area contributed by atoms with Crippen molar-refractivity contribution in [2.45, 2.75) is 13.8 Å². The van der Waals surface area contributed by atoms with E-state index in [4.69, 9.17) is 4.55 Å². The van der Waals surface area contributed by atoms with Crippen LogP contribution in [0, 0.1) is 0 Å². The largest absolute Gasteiger partial charge is 0.290 e. The molecule has 0 radical (unpaired) electrons. The lowest BCUT2D eigenvalue weighted by Crippen LogP contribution is -1.97. The van der Waals surface area contributed by atoms with Gasteiger partial charge in [-0.15, -0.1) is 0 Å². The van der Waals surface area contributed by atoms with E-state index < -0.39 is 10.1 Å². The Morgan fingerprint density at radius 3 is 2.17 bits per heavy atom. The van der Waals surface area contributed by atoms with E-state index >= 15 is 0 Å². The van der Waals surface area contributed by atoms with Crippen molar-refractivity contribution in [2.75, 3.05) is 0 Å². The van der Waals surface area contributed by atoms with Gasteiger partial charge >= 0.3 is 0 Å². The minimum absolute atomic E-state index is 0.0799. The topological polar surface area (TPSA) is 54.4 Å². The van der Waals surface area contributed by atoms with Gasteiger partial charge in [0.05, 0.1) is 4.91 Å². The highest BCUT2D eigenvalue weighted by Gasteiger charge is 2.04. The first-order valence-electron chi connectivity index (χ1n) is 3.33. The Labute approximate surface area is 72.9 Å². The van der Waals surface area contributed by atoms with Crippen molar-refractivity contribution < 1.29 is 13.0 Å². The van der Waals surface area contributed by atoms with Gasteiger partial charge in [-0.3, -0.25) is 4.55 Å². The second-order valence-corrected chi connectivity index (χ2v) is 3.96. The van der Waals surface area contributed by atoms with E-state index in [0.29, 0.717) is 0 Å². The van der Waals surface area contributed by atoms with Crippen LogP contribution in [-0.4, -0.2) is 13.0 Å². The third kappa shape index (κ3) is 4.10. The Hall–Kier alpha value is -0.870. The second kappa shape index (κ2) is 4.23. The van der Waals surface area contributed by atoms with Crippen molar-refractivity contribution in [3.63, 3.8) is 0 Å². The summed E-state index contributed by atoms with van der Waals surface area (Å²) in [5.74, 6) is 0. The van der Waals surface area contributed by atoms with Gasteiger partial charge in [-0.25, -0.2) is 0 Å². The molecule has 0 atom stereocenters. The summed E-state index contributed by atoms with van der Waals surface area (Å²) in [4.78, 5) is -0.0799. The van der Waals surface area contributed by atoms with Crippen LogP contribution in [0.4, 0.5) is 0 Å². The molecule has 0 unspecified atom stereocenters. The predicted molar refractivity (Wildman–Crippen MR) is 49.3 cm³/mol. The molecular weight excluding hydrogens is 176 g/mol. The number of allylic oxidation sites excluding steroid dienone is 5. The molecule has 1 N–H and O–H groups in total. The maximum atomic E-state index is 10.5. The van der Waals surface area contributed by atoms with Gasteiger partial charge in [0.25, 0.3) is 10.1 Å². The average Bonchev–Trinajstić information content (AvgIpc) is 1.97. The van der Waals surface area contributed by atoms with E-state index in [1.54, 1.807) is 19.1 Å². The van der Waals surface area contributed by atoms with Crippen LogP contribution in [0.25, 0.3) is 0 Å². The van der Waals surface area contributed by atoms with Crippen molar-refractivity contribution in [2.24, 2.45) is 0 Å². The van der Waals surface area contributed by atoms with E-state index in [9.17, 15) is 8.42 Å². The fourth-order valence-corrected chi connectivity index (χ4v) is 0.643. The molecule has 0 aromatic rings. The van der Waals surface area contributed by atoms with Crippen LogP contribution in [-0.2, 0) is 10.1 Å². The summed E-state index contributed by atoms with van der Waals surface area (Å²) in [6.45, 7) is 6.59. The summed E-state index contributed by atoms with van der Waals surface area (Å²) in [7, 11) is -4.02. The summed E-state index contributed by atoms with van der Waals surface area (Å²) in [5, 5.41) is 0. The summed E-state index contributed by atoms with van der Waals surface area (Å²) < 4.78 is 29.4. The van der Waals surface area contributed by atoms with Gasteiger partial charge in [-0.1, -0.05) is 24.3 Å². The van der Waals surface area contributed by atoms with Crippen LogP contribution in [0.15, 0.2) is 35.3 Å². The Bertz CT molecular complexity index is 320. The number of hydrogen-bond donors (Lipinski definition) is 1. The Morgan fingerprint density at radius 2 is 1.83 bits per heavy atom. The van der Waals surface area contributed by atoms with Gasteiger partial charge in [0.2, 0.25) is 0 Å². The molecular formula is C8H12O3S. The summed E-state index contributed by atoms with van der Waals surface area (Å²) >= 11 is 0. The zero-order valence-electron chi connectivity index (χ0n) is 7.11. The maximum Gasteiger partial charge on any atom is 0.290 e. The molecule has 0 aliphatic rings. The van der Waals surface area contributed by atoms with Crippen LogP contribution in [0.2, 0.25) is 0 Å². The van der Waals surface area contributed by atoms with E-state index in [-0.39, 0.29) is 4.91 Å². The molecule has 4 heteroatoms. The lowest BCUT2D eigenvalue weighted by Gasteiger charge is -1.92. The highest BCUT2D eigenvalue weighted by atomic mass is 32.2. The molecule has 0 saturated carbocycles. The molecule has 0 saturated heterocycles. The second-order valence-electron chi connectivity index (χ2n) is 2.37. The smallest absolute Gasteiger partial charge is 0.282 e. The standard InChI is InChI=1S/C8H12O3S/c1-4-7(2)5-6-8(3)12(9,10)11/h4-6H,1H2,2-3H3,(H,9,10,11)/b7-5-,8-6+. The van der Waals surface area contributed by atoms with Gasteiger partial charge in [0, 0.05) is 0 Å². The molecule has 0 aromatic carbocycles. The molecule has 0 fully saturated rings. The van der Waals surface area contributed by atoms with Gasteiger partial charge in [-0.05, 0) is 19.9 Å².